The summed E-state index contributed by atoms with van der Waals surface area (Å²) in [5, 5.41) is 3.60. The van der Waals surface area contributed by atoms with Crippen molar-refractivity contribution in [2.24, 2.45) is 0 Å². The Morgan fingerprint density at radius 3 is 2.67 bits per heavy atom. The molecule has 1 aromatic rings. The van der Waals surface area contributed by atoms with Crippen LogP contribution in [0, 0.1) is 0 Å². The fourth-order valence-corrected chi connectivity index (χ4v) is 2.89. The van der Waals surface area contributed by atoms with E-state index >= 15 is 0 Å². The summed E-state index contributed by atoms with van der Waals surface area (Å²) in [6.07, 6.45) is 2.24. The standard InChI is InChI=1S/C17H28N2O2/c1-5-15-12-19(13(2)11-18-15)9-8-14-6-7-16(20-3)17(10-14)21-4/h6-7,10,13,15,18H,5,8-9,11-12H2,1-4H3. The Kier molecular flexibility index (Phi) is 5.88. The van der Waals surface area contributed by atoms with Gasteiger partial charge >= 0.3 is 0 Å². The van der Waals surface area contributed by atoms with Crippen LogP contribution in [0.15, 0.2) is 18.2 Å². The Balaban J connectivity index is 1.95. The third-order valence-electron chi connectivity index (χ3n) is 4.41. The van der Waals surface area contributed by atoms with E-state index in [0.717, 1.165) is 37.6 Å². The number of piperazine rings is 1. The number of nitrogens with zero attached hydrogens (tertiary/aromatic N) is 1. The molecule has 1 N–H and O–H groups in total. The lowest BCUT2D eigenvalue weighted by Crippen LogP contribution is -2.55. The molecule has 1 aliphatic heterocycles. The smallest absolute Gasteiger partial charge is 0.160 e. The SMILES string of the molecule is CCC1CN(CCc2ccc(OC)c(OC)c2)C(C)CN1. The molecule has 0 bridgehead atoms. The van der Waals surface area contributed by atoms with Gasteiger partial charge in [-0.1, -0.05) is 13.0 Å². The van der Waals surface area contributed by atoms with Gasteiger partial charge in [0.15, 0.2) is 11.5 Å². The summed E-state index contributed by atoms with van der Waals surface area (Å²) >= 11 is 0. The van der Waals surface area contributed by atoms with Gasteiger partial charge in [0, 0.05) is 31.7 Å². The Morgan fingerprint density at radius 1 is 1.24 bits per heavy atom. The van der Waals surface area contributed by atoms with Crippen LogP contribution in [0.3, 0.4) is 0 Å². The fraction of sp³-hybridized carbons (Fsp3) is 0.647. The molecule has 1 aromatic carbocycles. The van der Waals surface area contributed by atoms with Gasteiger partial charge in [-0.15, -0.1) is 0 Å². The molecule has 118 valence electrons. The first-order valence-electron chi connectivity index (χ1n) is 7.86. The molecular formula is C17H28N2O2. The molecule has 1 fully saturated rings. The first-order chi connectivity index (χ1) is 10.2. The normalized spacial score (nSPS) is 23.0. The van der Waals surface area contributed by atoms with Crippen LogP contribution >= 0.6 is 0 Å². The van der Waals surface area contributed by atoms with Gasteiger partial charge in [-0.2, -0.15) is 0 Å². The van der Waals surface area contributed by atoms with Crippen LogP contribution in [0.1, 0.15) is 25.8 Å². The Hall–Kier alpha value is -1.26. The molecule has 1 heterocycles. The average Bonchev–Trinajstić information content (AvgIpc) is 2.53. The van der Waals surface area contributed by atoms with E-state index in [1.165, 1.54) is 12.0 Å². The molecule has 21 heavy (non-hydrogen) atoms. The minimum Gasteiger partial charge on any atom is -0.493 e. The maximum absolute atomic E-state index is 5.38. The van der Waals surface area contributed by atoms with E-state index in [1.54, 1.807) is 14.2 Å². The van der Waals surface area contributed by atoms with Crippen molar-refractivity contribution < 1.29 is 9.47 Å². The molecule has 2 unspecified atom stereocenters. The van der Waals surface area contributed by atoms with Crippen molar-refractivity contribution in [1.82, 2.24) is 10.2 Å². The number of rotatable bonds is 6. The van der Waals surface area contributed by atoms with Crippen molar-refractivity contribution in [3.63, 3.8) is 0 Å². The van der Waals surface area contributed by atoms with Crippen LogP contribution in [0.2, 0.25) is 0 Å². The monoisotopic (exact) mass is 292 g/mol. The topological polar surface area (TPSA) is 33.7 Å². The molecule has 0 radical (unpaired) electrons. The largest absolute Gasteiger partial charge is 0.493 e. The molecule has 1 aliphatic rings. The number of hydrogen-bond donors (Lipinski definition) is 1. The fourth-order valence-electron chi connectivity index (χ4n) is 2.89. The van der Waals surface area contributed by atoms with Crippen LogP contribution in [-0.2, 0) is 6.42 Å². The molecule has 0 amide bonds. The highest BCUT2D eigenvalue weighted by molar-refractivity contribution is 5.42. The second kappa shape index (κ2) is 7.66. The maximum Gasteiger partial charge on any atom is 0.160 e. The highest BCUT2D eigenvalue weighted by Crippen LogP contribution is 2.27. The van der Waals surface area contributed by atoms with E-state index in [2.05, 4.69) is 36.2 Å². The predicted molar refractivity (Wildman–Crippen MR) is 86.4 cm³/mol. The summed E-state index contributed by atoms with van der Waals surface area (Å²) < 4.78 is 10.7. The molecule has 4 heteroatoms. The van der Waals surface area contributed by atoms with E-state index < -0.39 is 0 Å². The van der Waals surface area contributed by atoms with E-state index in [9.17, 15) is 0 Å². The van der Waals surface area contributed by atoms with Gasteiger partial charge in [0.05, 0.1) is 14.2 Å². The zero-order valence-corrected chi connectivity index (χ0v) is 13.7. The van der Waals surface area contributed by atoms with Crippen LogP contribution < -0.4 is 14.8 Å². The second-order valence-electron chi connectivity index (χ2n) is 5.80. The molecule has 0 aliphatic carbocycles. The lowest BCUT2D eigenvalue weighted by Gasteiger charge is -2.38. The zero-order valence-electron chi connectivity index (χ0n) is 13.7. The number of methoxy groups -OCH3 is 2. The number of benzene rings is 1. The van der Waals surface area contributed by atoms with Crippen molar-refractivity contribution in [2.45, 2.75) is 38.8 Å². The van der Waals surface area contributed by atoms with E-state index in [0.29, 0.717) is 12.1 Å². The molecular weight excluding hydrogens is 264 g/mol. The summed E-state index contributed by atoms with van der Waals surface area (Å²) in [6.45, 7) is 7.87. The van der Waals surface area contributed by atoms with E-state index in [1.807, 2.05) is 6.07 Å². The molecule has 2 rings (SSSR count). The van der Waals surface area contributed by atoms with Crippen molar-refractivity contribution >= 4 is 0 Å². The highest BCUT2D eigenvalue weighted by Gasteiger charge is 2.23. The summed E-state index contributed by atoms with van der Waals surface area (Å²) in [6, 6.07) is 7.44. The van der Waals surface area contributed by atoms with Gasteiger partial charge in [-0.3, -0.25) is 4.90 Å². The molecule has 0 aromatic heterocycles. The summed E-state index contributed by atoms with van der Waals surface area (Å²) in [7, 11) is 3.36. The number of nitrogens with one attached hydrogen (secondary N) is 1. The van der Waals surface area contributed by atoms with Crippen LogP contribution in [0.4, 0.5) is 0 Å². The number of ether oxygens (including phenoxy) is 2. The second-order valence-corrected chi connectivity index (χ2v) is 5.80. The minimum atomic E-state index is 0.605. The highest BCUT2D eigenvalue weighted by atomic mass is 16.5. The van der Waals surface area contributed by atoms with Gasteiger partial charge < -0.3 is 14.8 Å². The molecule has 0 saturated carbocycles. The average molecular weight is 292 g/mol. The van der Waals surface area contributed by atoms with Crippen molar-refractivity contribution in [3.05, 3.63) is 23.8 Å². The number of hydrogen-bond acceptors (Lipinski definition) is 4. The quantitative estimate of drug-likeness (QED) is 0.872. The third kappa shape index (κ3) is 4.11. The van der Waals surface area contributed by atoms with Crippen LogP contribution in [0.25, 0.3) is 0 Å². The zero-order chi connectivity index (χ0) is 15.2. The van der Waals surface area contributed by atoms with Gasteiger partial charge in [0.2, 0.25) is 0 Å². The first kappa shape index (κ1) is 16.1. The molecule has 4 nitrogen and oxygen atoms in total. The Morgan fingerprint density at radius 2 is 2.00 bits per heavy atom. The summed E-state index contributed by atoms with van der Waals surface area (Å²) in [5.41, 5.74) is 1.30. The molecule has 1 saturated heterocycles. The van der Waals surface area contributed by atoms with Crippen molar-refractivity contribution in [1.29, 1.82) is 0 Å². The molecule has 0 spiro atoms. The Bertz CT molecular complexity index is 450. The lowest BCUT2D eigenvalue weighted by molar-refractivity contribution is 0.141. The van der Waals surface area contributed by atoms with Crippen molar-refractivity contribution in [3.8, 4) is 11.5 Å². The van der Waals surface area contributed by atoms with E-state index in [-0.39, 0.29) is 0 Å². The van der Waals surface area contributed by atoms with Crippen molar-refractivity contribution in [2.75, 3.05) is 33.9 Å². The molecule has 2 atom stereocenters. The minimum absolute atomic E-state index is 0.605. The van der Waals surface area contributed by atoms with Crippen LogP contribution in [-0.4, -0.2) is 50.8 Å². The maximum atomic E-state index is 5.38. The predicted octanol–water partition coefficient (Wildman–Crippen LogP) is 2.32. The lowest BCUT2D eigenvalue weighted by atomic mass is 10.1. The van der Waals surface area contributed by atoms with Gasteiger partial charge in [0.25, 0.3) is 0 Å². The third-order valence-corrected chi connectivity index (χ3v) is 4.41. The van der Waals surface area contributed by atoms with Gasteiger partial charge in [-0.05, 0) is 37.5 Å². The Labute approximate surface area is 128 Å². The summed E-state index contributed by atoms with van der Waals surface area (Å²) in [5.74, 6) is 1.61. The van der Waals surface area contributed by atoms with Crippen LogP contribution in [0.5, 0.6) is 11.5 Å². The van der Waals surface area contributed by atoms with Gasteiger partial charge in [-0.25, -0.2) is 0 Å². The summed E-state index contributed by atoms with van der Waals surface area (Å²) in [4.78, 5) is 2.58. The van der Waals surface area contributed by atoms with Gasteiger partial charge in [0.1, 0.15) is 0 Å². The first-order valence-corrected chi connectivity index (χ1v) is 7.86. The van der Waals surface area contributed by atoms with E-state index in [4.69, 9.17) is 9.47 Å².